The molecule has 0 aromatic rings. The fourth-order valence-corrected chi connectivity index (χ4v) is 4.91. The normalized spacial score (nSPS) is 38.0. The maximum atomic E-state index is 13.1. The highest BCUT2D eigenvalue weighted by atomic mass is 16.6. The predicted octanol–water partition coefficient (Wildman–Crippen LogP) is 2.44. The number of likely N-dealkylation sites (tertiary alicyclic amines) is 1. The molecular weight excluding hydrogens is 306 g/mol. The summed E-state index contributed by atoms with van der Waals surface area (Å²) in [7, 11) is 0. The van der Waals surface area contributed by atoms with Crippen LogP contribution in [0.2, 0.25) is 0 Å². The number of esters is 1. The number of unbranched alkanes of at least 4 members (excludes halogenated alkanes) is 1. The Morgan fingerprint density at radius 1 is 1.38 bits per heavy atom. The van der Waals surface area contributed by atoms with Gasteiger partial charge in [0.25, 0.3) is 0 Å². The molecule has 0 aromatic heterocycles. The van der Waals surface area contributed by atoms with Crippen molar-refractivity contribution in [2.45, 2.75) is 69.6 Å². The van der Waals surface area contributed by atoms with Gasteiger partial charge in [-0.05, 0) is 19.3 Å². The molecule has 4 atom stereocenters. The van der Waals surface area contributed by atoms with Gasteiger partial charge in [-0.25, -0.2) is 0 Å². The molecular formula is C19H27NO4. The molecule has 1 amide bonds. The number of carbonyl (C=O) groups excluding carboxylic acids is 2. The third kappa shape index (κ3) is 2.40. The Bertz CT molecular complexity index is 554. The van der Waals surface area contributed by atoms with Crippen molar-refractivity contribution in [2.75, 3.05) is 13.2 Å². The molecule has 2 bridgehead atoms. The first-order valence-corrected chi connectivity index (χ1v) is 9.50. The van der Waals surface area contributed by atoms with E-state index in [4.69, 9.17) is 9.47 Å². The fourth-order valence-electron chi connectivity index (χ4n) is 4.91. The summed E-state index contributed by atoms with van der Waals surface area (Å²) in [5.74, 6) is -1.01. The highest BCUT2D eigenvalue weighted by Crippen LogP contribution is 2.53. The van der Waals surface area contributed by atoms with E-state index in [1.165, 1.54) is 19.3 Å². The van der Waals surface area contributed by atoms with Crippen molar-refractivity contribution in [2.24, 2.45) is 11.8 Å². The van der Waals surface area contributed by atoms with Gasteiger partial charge < -0.3 is 14.4 Å². The largest absolute Gasteiger partial charge is 0.465 e. The molecule has 2 saturated heterocycles. The van der Waals surface area contributed by atoms with Crippen molar-refractivity contribution in [1.29, 1.82) is 0 Å². The molecule has 24 heavy (non-hydrogen) atoms. The maximum Gasteiger partial charge on any atom is 0.312 e. The summed E-state index contributed by atoms with van der Waals surface area (Å²) in [6.07, 6.45) is 11.3. The lowest BCUT2D eigenvalue weighted by molar-refractivity contribution is -0.154. The molecule has 3 fully saturated rings. The average Bonchev–Trinajstić information content (AvgIpc) is 3.24. The summed E-state index contributed by atoms with van der Waals surface area (Å²) in [4.78, 5) is 27.7. The van der Waals surface area contributed by atoms with Crippen LogP contribution in [-0.4, -0.2) is 47.7 Å². The summed E-state index contributed by atoms with van der Waals surface area (Å²) in [6, 6.07) is 0.319. The zero-order valence-electron chi connectivity index (χ0n) is 14.4. The van der Waals surface area contributed by atoms with Gasteiger partial charge in [-0.15, -0.1) is 0 Å². The molecule has 0 N–H and O–H groups in total. The van der Waals surface area contributed by atoms with Gasteiger partial charge in [-0.2, -0.15) is 0 Å². The zero-order chi connectivity index (χ0) is 16.7. The van der Waals surface area contributed by atoms with Crippen LogP contribution >= 0.6 is 0 Å². The molecule has 5 heteroatoms. The Kier molecular flexibility index (Phi) is 4.15. The van der Waals surface area contributed by atoms with E-state index in [1.54, 1.807) is 0 Å². The van der Waals surface area contributed by atoms with Crippen molar-refractivity contribution >= 4 is 11.9 Å². The van der Waals surface area contributed by atoms with Gasteiger partial charge in [0, 0.05) is 6.04 Å². The number of fused-ring (bicyclic) bond motifs is 1. The third-order valence-corrected chi connectivity index (χ3v) is 6.16. The van der Waals surface area contributed by atoms with E-state index in [2.05, 4.69) is 6.92 Å². The molecule has 5 nitrogen and oxygen atoms in total. The van der Waals surface area contributed by atoms with Crippen LogP contribution in [0.3, 0.4) is 0 Å². The van der Waals surface area contributed by atoms with E-state index in [-0.39, 0.29) is 23.9 Å². The van der Waals surface area contributed by atoms with E-state index < -0.39 is 11.5 Å². The van der Waals surface area contributed by atoms with Crippen LogP contribution in [0.5, 0.6) is 0 Å². The molecule has 4 aliphatic rings. The number of carbonyl (C=O) groups is 2. The van der Waals surface area contributed by atoms with Gasteiger partial charge in [0.1, 0.15) is 11.5 Å². The first-order chi connectivity index (χ1) is 11.7. The van der Waals surface area contributed by atoms with Gasteiger partial charge in [0.2, 0.25) is 5.91 Å². The van der Waals surface area contributed by atoms with Gasteiger partial charge in [-0.1, -0.05) is 44.8 Å². The second-order valence-electron chi connectivity index (χ2n) is 7.68. The average molecular weight is 333 g/mol. The maximum absolute atomic E-state index is 13.1. The van der Waals surface area contributed by atoms with Gasteiger partial charge in [-0.3, -0.25) is 9.59 Å². The first-order valence-electron chi connectivity index (χ1n) is 9.50. The summed E-state index contributed by atoms with van der Waals surface area (Å²) < 4.78 is 11.6. The quantitative estimate of drug-likeness (QED) is 0.440. The number of amides is 1. The molecule has 1 aliphatic carbocycles. The minimum Gasteiger partial charge on any atom is -0.465 e. The lowest BCUT2D eigenvalue weighted by Gasteiger charge is -2.32. The third-order valence-electron chi connectivity index (χ3n) is 6.16. The molecule has 1 spiro atoms. The van der Waals surface area contributed by atoms with Crippen LogP contribution < -0.4 is 0 Å². The molecule has 1 unspecified atom stereocenters. The van der Waals surface area contributed by atoms with E-state index in [0.29, 0.717) is 19.2 Å². The van der Waals surface area contributed by atoms with E-state index in [1.807, 2.05) is 17.1 Å². The van der Waals surface area contributed by atoms with Crippen LogP contribution in [0.25, 0.3) is 0 Å². The summed E-state index contributed by atoms with van der Waals surface area (Å²) in [5.41, 5.74) is -0.590. The van der Waals surface area contributed by atoms with Crippen molar-refractivity contribution in [3.05, 3.63) is 12.2 Å². The van der Waals surface area contributed by atoms with Gasteiger partial charge in [0.15, 0.2) is 0 Å². The summed E-state index contributed by atoms with van der Waals surface area (Å²) >= 11 is 0. The summed E-state index contributed by atoms with van der Waals surface area (Å²) in [5, 5.41) is 0. The Morgan fingerprint density at radius 3 is 2.92 bits per heavy atom. The number of hydrogen-bond donors (Lipinski definition) is 0. The number of hydrogen-bond acceptors (Lipinski definition) is 4. The Hall–Kier alpha value is -1.36. The molecule has 3 aliphatic heterocycles. The van der Waals surface area contributed by atoms with E-state index in [0.717, 1.165) is 25.7 Å². The lowest BCUT2D eigenvalue weighted by atomic mass is 9.77. The van der Waals surface area contributed by atoms with Crippen molar-refractivity contribution in [3.63, 3.8) is 0 Å². The van der Waals surface area contributed by atoms with Crippen LogP contribution in [-0.2, 0) is 19.1 Å². The standard InChI is InChI=1S/C19H27NO4/c1-2-3-11-23-18(22)15-14-9-10-19(24-14)12-20(17(21)16(15)19)13-7-5-4-6-8-13/h9-10,13-16H,2-8,11-12H2,1H3/t14-,15+,16-,19?/m0/s1. The number of rotatable bonds is 5. The fraction of sp³-hybridized carbons (Fsp3) is 0.789. The van der Waals surface area contributed by atoms with Crippen LogP contribution in [0.1, 0.15) is 51.9 Å². The van der Waals surface area contributed by atoms with E-state index >= 15 is 0 Å². The van der Waals surface area contributed by atoms with Crippen LogP contribution in [0, 0.1) is 11.8 Å². The smallest absolute Gasteiger partial charge is 0.312 e. The minimum absolute atomic E-state index is 0.103. The monoisotopic (exact) mass is 333 g/mol. The van der Waals surface area contributed by atoms with Crippen molar-refractivity contribution < 1.29 is 19.1 Å². The zero-order valence-corrected chi connectivity index (χ0v) is 14.4. The van der Waals surface area contributed by atoms with Crippen molar-refractivity contribution in [3.8, 4) is 0 Å². The summed E-state index contributed by atoms with van der Waals surface area (Å²) in [6.45, 7) is 3.10. The van der Waals surface area contributed by atoms with Crippen LogP contribution in [0.15, 0.2) is 12.2 Å². The molecule has 4 rings (SSSR count). The highest BCUT2D eigenvalue weighted by molar-refractivity contribution is 5.91. The second kappa shape index (κ2) is 6.17. The Labute approximate surface area is 143 Å². The predicted molar refractivity (Wildman–Crippen MR) is 88.2 cm³/mol. The second-order valence-corrected chi connectivity index (χ2v) is 7.68. The number of ether oxygens (including phenoxy) is 2. The van der Waals surface area contributed by atoms with Crippen molar-refractivity contribution in [1.82, 2.24) is 4.90 Å². The molecule has 132 valence electrons. The van der Waals surface area contributed by atoms with Gasteiger partial charge >= 0.3 is 5.97 Å². The number of nitrogens with zero attached hydrogens (tertiary/aromatic N) is 1. The SMILES string of the molecule is CCCCOC(=O)[C@@H]1[C@@H]2C=CC3(CN(C4CCCCC4)C(=O)[C@H]13)O2. The Balaban J connectivity index is 1.52. The highest BCUT2D eigenvalue weighted by Gasteiger charge is 2.67. The van der Waals surface area contributed by atoms with Gasteiger partial charge in [0.05, 0.1) is 25.2 Å². The van der Waals surface area contributed by atoms with E-state index in [9.17, 15) is 9.59 Å². The topological polar surface area (TPSA) is 55.8 Å². The molecule has 0 aromatic carbocycles. The Morgan fingerprint density at radius 2 is 2.17 bits per heavy atom. The molecule has 1 saturated carbocycles. The van der Waals surface area contributed by atoms with Crippen LogP contribution in [0.4, 0.5) is 0 Å². The molecule has 3 heterocycles. The minimum atomic E-state index is -0.590. The first kappa shape index (κ1) is 16.1. The lowest BCUT2D eigenvalue weighted by Crippen LogP contribution is -2.42. The molecule has 0 radical (unpaired) electrons.